The number of nitrogens with zero attached hydrogens (tertiary/aromatic N) is 1. The van der Waals surface area contributed by atoms with Crippen LogP contribution in [0.25, 0.3) is 0 Å². The normalized spacial score (nSPS) is 12.6. The summed E-state index contributed by atoms with van der Waals surface area (Å²) < 4.78 is 5.18. The lowest BCUT2D eigenvalue weighted by molar-refractivity contribution is -0.142. The van der Waals surface area contributed by atoms with Gasteiger partial charge in [-0.3, -0.25) is 14.5 Å². The van der Waals surface area contributed by atoms with Gasteiger partial charge in [-0.05, 0) is 6.42 Å². The fraction of sp³-hybridized carbons (Fsp3) is 0.818. The summed E-state index contributed by atoms with van der Waals surface area (Å²) in [5.41, 5.74) is 0. The first kappa shape index (κ1) is 16.8. The summed E-state index contributed by atoms with van der Waals surface area (Å²) in [6.07, 6.45) is 0.988. The van der Waals surface area contributed by atoms with Crippen molar-refractivity contribution in [3.63, 3.8) is 0 Å². The molecule has 0 fully saturated rings. The van der Waals surface area contributed by atoms with E-state index in [0.717, 1.165) is 17.7 Å². The van der Waals surface area contributed by atoms with Crippen LogP contribution in [-0.2, 0) is 14.3 Å². The van der Waals surface area contributed by atoms with E-state index in [1.54, 1.807) is 0 Å². The van der Waals surface area contributed by atoms with E-state index in [9.17, 15) is 14.7 Å². The van der Waals surface area contributed by atoms with Crippen LogP contribution in [0.5, 0.6) is 0 Å². The van der Waals surface area contributed by atoms with E-state index in [1.807, 2.05) is 6.92 Å². The van der Waals surface area contributed by atoms with E-state index >= 15 is 0 Å². The van der Waals surface area contributed by atoms with Crippen molar-refractivity contribution in [3.8, 4) is 0 Å². The number of hydrogen-bond acceptors (Lipinski definition) is 5. The summed E-state index contributed by atoms with van der Waals surface area (Å²) in [5.74, 6) is -2.26. The Morgan fingerprint density at radius 1 is 1.22 bits per heavy atom. The molecule has 0 amide bonds. The van der Waals surface area contributed by atoms with Crippen LogP contribution in [0.3, 0.4) is 0 Å². The number of aliphatic hydroxyl groups is 1. The molecular formula is C11H21NO6. The van der Waals surface area contributed by atoms with Crippen molar-refractivity contribution in [3.05, 3.63) is 0 Å². The van der Waals surface area contributed by atoms with Gasteiger partial charge in [-0.2, -0.15) is 0 Å². The predicted octanol–water partition coefficient (Wildman–Crippen LogP) is -0.365. The molecule has 106 valence electrons. The van der Waals surface area contributed by atoms with Gasteiger partial charge in [0.2, 0.25) is 0 Å². The number of ether oxygens (including phenoxy) is 1. The zero-order valence-corrected chi connectivity index (χ0v) is 10.5. The Hall–Kier alpha value is -1.18. The largest absolute Gasteiger partial charge is 0.480 e. The lowest BCUT2D eigenvalue weighted by Crippen LogP contribution is -2.41. The predicted molar refractivity (Wildman–Crippen MR) is 63.4 cm³/mol. The fourth-order valence-electron chi connectivity index (χ4n) is 1.38. The van der Waals surface area contributed by atoms with E-state index in [2.05, 4.69) is 0 Å². The van der Waals surface area contributed by atoms with E-state index in [4.69, 9.17) is 14.9 Å². The Balaban J connectivity index is 3.97. The standard InChI is InChI=1S/C11H21NO6/c1-2-3-4-18-8-9(13)5-12(6-10(14)15)7-11(16)17/h9,13H,2-8H2,1H3,(H,14,15)(H,16,17)/t9-/m1/s1. The number of unbranched alkanes of at least 4 members (excludes halogenated alkanes) is 1. The van der Waals surface area contributed by atoms with Crippen LogP contribution in [0.4, 0.5) is 0 Å². The number of carboxylic acids is 2. The molecule has 0 saturated heterocycles. The van der Waals surface area contributed by atoms with Gasteiger partial charge < -0.3 is 20.1 Å². The van der Waals surface area contributed by atoms with Crippen LogP contribution in [0.15, 0.2) is 0 Å². The molecule has 0 spiro atoms. The number of hydrogen-bond donors (Lipinski definition) is 3. The van der Waals surface area contributed by atoms with Crippen molar-refractivity contribution in [1.82, 2.24) is 4.90 Å². The third-order valence-corrected chi connectivity index (χ3v) is 2.14. The number of carbonyl (C=O) groups is 2. The molecule has 0 heterocycles. The van der Waals surface area contributed by atoms with Crippen LogP contribution in [0.2, 0.25) is 0 Å². The minimum absolute atomic E-state index is 0.0370. The molecular weight excluding hydrogens is 242 g/mol. The molecule has 0 aromatic heterocycles. The topological polar surface area (TPSA) is 107 Å². The molecule has 1 atom stereocenters. The maximum Gasteiger partial charge on any atom is 0.317 e. The molecule has 3 N–H and O–H groups in total. The molecule has 0 aliphatic heterocycles. The first-order valence-corrected chi connectivity index (χ1v) is 5.87. The lowest BCUT2D eigenvalue weighted by Gasteiger charge is -2.21. The van der Waals surface area contributed by atoms with Crippen LogP contribution < -0.4 is 0 Å². The van der Waals surface area contributed by atoms with Crippen molar-refractivity contribution in [1.29, 1.82) is 0 Å². The summed E-state index contributed by atoms with van der Waals surface area (Å²) in [6.45, 7) is 1.75. The molecule has 0 rings (SSSR count). The van der Waals surface area contributed by atoms with Crippen LogP contribution in [-0.4, -0.2) is 71.1 Å². The molecule has 0 aliphatic rings. The summed E-state index contributed by atoms with van der Waals surface area (Å²) in [6, 6.07) is 0. The SMILES string of the molecule is CCCCOC[C@H](O)CN(CC(=O)O)CC(=O)O. The summed E-state index contributed by atoms with van der Waals surface area (Å²) in [7, 11) is 0. The molecule has 0 radical (unpaired) electrons. The first-order chi connectivity index (χ1) is 8.45. The molecule has 7 heteroatoms. The van der Waals surface area contributed by atoms with Gasteiger partial charge in [-0.15, -0.1) is 0 Å². The summed E-state index contributed by atoms with van der Waals surface area (Å²) >= 11 is 0. The maximum absolute atomic E-state index is 10.5. The second-order valence-electron chi connectivity index (χ2n) is 4.04. The molecule has 0 unspecified atom stereocenters. The Labute approximate surface area is 106 Å². The van der Waals surface area contributed by atoms with Gasteiger partial charge in [0.15, 0.2) is 0 Å². The average molecular weight is 263 g/mol. The van der Waals surface area contributed by atoms with Crippen molar-refractivity contribution >= 4 is 11.9 Å². The molecule has 0 aromatic carbocycles. The average Bonchev–Trinajstić information content (AvgIpc) is 2.22. The van der Waals surface area contributed by atoms with Gasteiger partial charge in [0.25, 0.3) is 0 Å². The molecule has 0 aliphatic carbocycles. The number of aliphatic hydroxyl groups excluding tert-OH is 1. The van der Waals surface area contributed by atoms with E-state index < -0.39 is 31.1 Å². The zero-order chi connectivity index (χ0) is 14.0. The van der Waals surface area contributed by atoms with Gasteiger partial charge >= 0.3 is 11.9 Å². The highest BCUT2D eigenvalue weighted by Gasteiger charge is 2.17. The number of rotatable bonds is 11. The van der Waals surface area contributed by atoms with Crippen molar-refractivity contribution in [2.45, 2.75) is 25.9 Å². The van der Waals surface area contributed by atoms with Gasteiger partial charge in [0, 0.05) is 13.2 Å². The van der Waals surface area contributed by atoms with E-state index in [1.165, 1.54) is 0 Å². The highest BCUT2D eigenvalue weighted by molar-refractivity contribution is 5.72. The highest BCUT2D eigenvalue weighted by Crippen LogP contribution is 1.96. The second-order valence-corrected chi connectivity index (χ2v) is 4.04. The maximum atomic E-state index is 10.5. The Kier molecular flexibility index (Phi) is 9.17. The number of carboxylic acid groups (broad SMARTS) is 2. The molecule has 7 nitrogen and oxygen atoms in total. The first-order valence-electron chi connectivity index (χ1n) is 5.87. The Morgan fingerprint density at radius 2 is 1.78 bits per heavy atom. The Morgan fingerprint density at radius 3 is 2.22 bits per heavy atom. The van der Waals surface area contributed by atoms with Crippen LogP contribution in [0.1, 0.15) is 19.8 Å². The van der Waals surface area contributed by atoms with Crippen LogP contribution in [0, 0.1) is 0 Å². The van der Waals surface area contributed by atoms with Gasteiger partial charge in [-0.1, -0.05) is 13.3 Å². The molecule has 18 heavy (non-hydrogen) atoms. The fourth-order valence-corrected chi connectivity index (χ4v) is 1.38. The smallest absolute Gasteiger partial charge is 0.317 e. The quantitative estimate of drug-likeness (QED) is 0.437. The molecule has 0 saturated carbocycles. The minimum atomic E-state index is -1.13. The van der Waals surface area contributed by atoms with Crippen molar-refractivity contribution < 1.29 is 29.6 Å². The summed E-state index contributed by atoms with van der Waals surface area (Å²) in [4.78, 5) is 22.2. The van der Waals surface area contributed by atoms with Gasteiger partial charge in [-0.25, -0.2) is 0 Å². The third-order valence-electron chi connectivity index (χ3n) is 2.14. The van der Waals surface area contributed by atoms with Gasteiger partial charge in [0.05, 0.1) is 25.8 Å². The minimum Gasteiger partial charge on any atom is -0.480 e. The van der Waals surface area contributed by atoms with Crippen LogP contribution >= 0.6 is 0 Å². The van der Waals surface area contributed by atoms with E-state index in [0.29, 0.717) is 6.61 Å². The van der Waals surface area contributed by atoms with Gasteiger partial charge in [0.1, 0.15) is 0 Å². The highest BCUT2D eigenvalue weighted by atomic mass is 16.5. The monoisotopic (exact) mass is 263 g/mol. The van der Waals surface area contributed by atoms with Crippen molar-refractivity contribution in [2.24, 2.45) is 0 Å². The molecule has 0 bridgehead atoms. The lowest BCUT2D eigenvalue weighted by atomic mass is 10.3. The second kappa shape index (κ2) is 9.81. The Bertz CT molecular complexity index is 242. The molecule has 0 aromatic rings. The zero-order valence-electron chi connectivity index (χ0n) is 10.5. The van der Waals surface area contributed by atoms with Crippen molar-refractivity contribution in [2.75, 3.05) is 32.8 Å². The number of aliphatic carboxylic acids is 2. The third kappa shape index (κ3) is 10.0. The summed E-state index contributed by atoms with van der Waals surface area (Å²) in [5, 5.41) is 26.8. The van der Waals surface area contributed by atoms with E-state index in [-0.39, 0.29) is 13.2 Å².